The first-order chi connectivity index (χ1) is 10.0. The van der Waals surface area contributed by atoms with Gasteiger partial charge in [-0.2, -0.15) is 0 Å². The molecular formula is C15H15NO4S. The molecule has 1 aromatic heterocycles. The third kappa shape index (κ3) is 3.61. The number of carbonyl (C=O) groups is 2. The molecule has 0 aliphatic heterocycles. The molecule has 0 saturated carbocycles. The lowest BCUT2D eigenvalue weighted by atomic mass is 10.2. The van der Waals surface area contributed by atoms with Crippen molar-refractivity contribution in [1.82, 2.24) is 0 Å². The minimum Gasteiger partial charge on any atom is -0.497 e. The molecule has 0 aliphatic carbocycles. The number of amides is 1. The number of hydrogen-bond acceptors (Lipinski definition) is 5. The monoisotopic (exact) mass is 305 g/mol. The molecule has 0 radical (unpaired) electrons. The third-order valence-corrected chi connectivity index (χ3v) is 3.97. The highest BCUT2D eigenvalue weighted by atomic mass is 32.1. The largest absolute Gasteiger partial charge is 0.497 e. The molecule has 0 atom stereocenters. The maximum Gasteiger partial charge on any atom is 0.265 e. The Morgan fingerprint density at radius 3 is 2.05 bits per heavy atom. The second-order valence-electron chi connectivity index (χ2n) is 4.28. The zero-order valence-corrected chi connectivity index (χ0v) is 12.7. The molecule has 2 rings (SSSR count). The summed E-state index contributed by atoms with van der Waals surface area (Å²) >= 11 is 1.16. The average molecular weight is 305 g/mol. The zero-order chi connectivity index (χ0) is 15.4. The SMILES string of the molecule is COc1cc(NC(=O)c2ccc(C(C)=O)s2)cc(OC)c1. The van der Waals surface area contributed by atoms with Gasteiger partial charge in [-0.3, -0.25) is 9.59 Å². The minimum atomic E-state index is -0.275. The summed E-state index contributed by atoms with van der Waals surface area (Å²) in [4.78, 5) is 24.4. The number of anilines is 1. The van der Waals surface area contributed by atoms with Crippen LogP contribution in [0, 0.1) is 0 Å². The van der Waals surface area contributed by atoms with Crippen molar-refractivity contribution < 1.29 is 19.1 Å². The fourth-order valence-corrected chi connectivity index (χ4v) is 2.52. The quantitative estimate of drug-likeness (QED) is 0.861. The van der Waals surface area contributed by atoms with E-state index in [2.05, 4.69) is 5.32 Å². The van der Waals surface area contributed by atoms with Crippen molar-refractivity contribution >= 4 is 28.7 Å². The highest BCUT2D eigenvalue weighted by molar-refractivity contribution is 7.16. The lowest BCUT2D eigenvalue weighted by Gasteiger charge is -2.09. The number of carbonyl (C=O) groups excluding carboxylic acids is 2. The second kappa shape index (κ2) is 6.41. The summed E-state index contributed by atoms with van der Waals surface area (Å²) in [5.41, 5.74) is 0.564. The Kier molecular flexibility index (Phi) is 4.59. The molecule has 0 unspecified atom stereocenters. The molecule has 110 valence electrons. The van der Waals surface area contributed by atoms with Gasteiger partial charge in [0, 0.05) is 23.9 Å². The Bertz CT molecular complexity index is 656. The van der Waals surface area contributed by atoms with Crippen LogP contribution in [0.25, 0.3) is 0 Å². The molecule has 1 amide bonds. The molecule has 5 nitrogen and oxygen atoms in total. The van der Waals surface area contributed by atoms with Crippen LogP contribution >= 0.6 is 11.3 Å². The molecular weight excluding hydrogens is 290 g/mol. The number of rotatable bonds is 5. The second-order valence-corrected chi connectivity index (χ2v) is 5.36. The van der Waals surface area contributed by atoms with Crippen molar-refractivity contribution in [3.8, 4) is 11.5 Å². The van der Waals surface area contributed by atoms with E-state index in [1.807, 2.05) is 0 Å². The molecule has 21 heavy (non-hydrogen) atoms. The van der Waals surface area contributed by atoms with E-state index >= 15 is 0 Å². The predicted octanol–water partition coefficient (Wildman–Crippen LogP) is 3.22. The van der Waals surface area contributed by atoms with Crippen LogP contribution in [0.2, 0.25) is 0 Å². The molecule has 1 N–H and O–H groups in total. The van der Waals surface area contributed by atoms with Crippen LogP contribution in [0.15, 0.2) is 30.3 Å². The van der Waals surface area contributed by atoms with E-state index in [0.717, 1.165) is 11.3 Å². The van der Waals surface area contributed by atoms with Crippen LogP contribution in [0.4, 0.5) is 5.69 Å². The van der Waals surface area contributed by atoms with Crippen molar-refractivity contribution in [1.29, 1.82) is 0 Å². The summed E-state index contributed by atoms with van der Waals surface area (Å²) in [7, 11) is 3.08. The van der Waals surface area contributed by atoms with Crippen LogP contribution in [0.3, 0.4) is 0 Å². The maximum absolute atomic E-state index is 12.2. The van der Waals surface area contributed by atoms with Gasteiger partial charge in [0.15, 0.2) is 5.78 Å². The molecule has 1 heterocycles. The summed E-state index contributed by atoms with van der Waals surface area (Å²) in [6.07, 6.45) is 0. The predicted molar refractivity (Wildman–Crippen MR) is 81.8 cm³/mol. The summed E-state index contributed by atoms with van der Waals surface area (Å²) in [6.45, 7) is 1.47. The molecule has 0 spiro atoms. The fraction of sp³-hybridized carbons (Fsp3) is 0.200. The lowest BCUT2D eigenvalue weighted by Crippen LogP contribution is -2.10. The van der Waals surface area contributed by atoms with Crippen molar-refractivity contribution in [2.45, 2.75) is 6.92 Å². The van der Waals surface area contributed by atoms with Gasteiger partial charge in [-0.1, -0.05) is 0 Å². The van der Waals surface area contributed by atoms with Crippen LogP contribution in [-0.2, 0) is 0 Å². The minimum absolute atomic E-state index is 0.0536. The highest BCUT2D eigenvalue weighted by Gasteiger charge is 2.12. The normalized spacial score (nSPS) is 10.0. The van der Waals surface area contributed by atoms with E-state index in [-0.39, 0.29) is 11.7 Å². The van der Waals surface area contributed by atoms with Gasteiger partial charge in [0.1, 0.15) is 11.5 Å². The summed E-state index contributed by atoms with van der Waals surface area (Å²) < 4.78 is 10.3. The number of benzene rings is 1. The molecule has 6 heteroatoms. The van der Waals surface area contributed by atoms with Crippen LogP contribution in [-0.4, -0.2) is 25.9 Å². The summed E-state index contributed by atoms with van der Waals surface area (Å²) in [6, 6.07) is 8.39. The fourth-order valence-electron chi connectivity index (χ4n) is 1.72. The maximum atomic E-state index is 12.2. The first-order valence-corrected chi connectivity index (χ1v) is 7.00. The van der Waals surface area contributed by atoms with Gasteiger partial charge in [-0.25, -0.2) is 0 Å². The Labute approximate surface area is 126 Å². The number of nitrogens with one attached hydrogen (secondary N) is 1. The van der Waals surface area contributed by atoms with Crippen LogP contribution in [0.1, 0.15) is 26.3 Å². The Morgan fingerprint density at radius 2 is 1.57 bits per heavy atom. The summed E-state index contributed by atoms with van der Waals surface area (Å²) in [5, 5.41) is 2.76. The molecule has 0 fully saturated rings. The Balaban J connectivity index is 2.20. The van der Waals surface area contributed by atoms with Gasteiger partial charge in [-0.05, 0) is 19.1 Å². The van der Waals surface area contributed by atoms with Crippen LogP contribution < -0.4 is 14.8 Å². The van der Waals surface area contributed by atoms with Crippen LogP contribution in [0.5, 0.6) is 11.5 Å². The third-order valence-electron chi connectivity index (χ3n) is 2.79. The Hall–Kier alpha value is -2.34. The van der Waals surface area contributed by atoms with E-state index in [0.29, 0.717) is 26.9 Å². The van der Waals surface area contributed by atoms with Gasteiger partial charge in [0.2, 0.25) is 0 Å². The molecule has 0 bridgehead atoms. The van der Waals surface area contributed by atoms with Gasteiger partial charge in [0.05, 0.1) is 24.0 Å². The molecule has 0 saturated heterocycles. The van der Waals surface area contributed by atoms with Crippen molar-refractivity contribution in [3.05, 3.63) is 40.1 Å². The number of ether oxygens (including phenoxy) is 2. The van der Waals surface area contributed by atoms with Crippen molar-refractivity contribution in [2.75, 3.05) is 19.5 Å². The summed E-state index contributed by atoms with van der Waals surface area (Å²) in [5.74, 6) is 0.838. The first kappa shape index (κ1) is 15.1. The van der Waals surface area contributed by atoms with Gasteiger partial charge in [0.25, 0.3) is 5.91 Å². The molecule has 2 aromatic rings. The van der Waals surface area contributed by atoms with Crippen molar-refractivity contribution in [3.63, 3.8) is 0 Å². The smallest absolute Gasteiger partial charge is 0.265 e. The van der Waals surface area contributed by atoms with E-state index in [1.165, 1.54) is 6.92 Å². The zero-order valence-electron chi connectivity index (χ0n) is 11.9. The van der Waals surface area contributed by atoms with E-state index < -0.39 is 0 Å². The van der Waals surface area contributed by atoms with E-state index in [1.54, 1.807) is 44.6 Å². The lowest BCUT2D eigenvalue weighted by molar-refractivity contribution is 0.101. The van der Waals surface area contributed by atoms with E-state index in [9.17, 15) is 9.59 Å². The number of Topliss-reactive ketones (excluding diaryl/α,β-unsaturated/α-hetero) is 1. The standard InChI is InChI=1S/C15H15NO4S/c1-9(17)13-4-5-14(21-13)15(18)16-10-6-11(19-2)8-12(7-10)20-3/h4-8H,1-3H3,(H,16,18). The Morgan fingerprint density at radius 1 is 1.00 bits per heavy atom. The highest BCUT2D eigenvalue weighted by Crippen LogP contribution is 2.26. The molecule has 0 aliphatic rings. The number of thiophene rings is 1. The average Bonchev–Trinajstić information content (AvgIpc) is 2.97. The van der Waals surface area contributed by atoms with E-state index in [4.69, 9.17) is 9.47 Å². The first-order valence-electron chi connectivity index (χ1n) is 6.18. The number of hydrogen-bond donors (Lipinski definition) is 1. The molecule has 1 aromatic carbocycles. The van der Waals surface area contributed by atoms with Gasteiger partial charge < -0.3 is 14.8 Å². The number of methoxy groups -OCH3 is 2. The van der Waals surface area contributed by atoms with Gasteiger partial charge >= 0.3 is 0 Å². The topological polar surface area (TPSA) is 64.6 Å². The van der Waals surface area contributed by atoms with Crippen molar-refractivity contribution in [2.24, 2.45) is 0 Å². The number of ketones is 1. The van der Waals surface area contributed by atoms with Gasteiger partial charge in [-0.15, -0.1) is 11.3 Å².